The fourth-order valence-electron chi connectivity index (χ4n) is 1.81. The average molecular weight is 275 g/mol. The molecule has 0 aliphatic rings. The third-order valence-corrected chi connectivity index (χ3v) is 3.15. The molecule has 0 saturated carbocycles. The van der Waals surface area contributed by atoms with Crippen LogP contribution in [0.5, 0.6) is 0 Å². The summed E-state index contributed by atoms with van der Waals surface area (Å²) in [6, 6.07) is 4.81. The van der Waals surface area contributed by atoms with E-state index in [-0.39, 0.29) is 6.04 Å². The maximum absolute atomic E-state index is 12.4. The van der Waals surface area contributed by atoms with Crippen LogP contribution < -0.4 is 5.73 Å². The molecule has 1 atom stereocenters. The number of rotatable bonds is 5. The number of nitrogens with two attached hydrogens (primary N) is 1. The van der Waals surface area contributed by atoms with Crippen molar-refractivity contribution in [3.63, 3.8) is 0 Å². The molecule has 0 saturated heterocycles. The van der Waals surface area contributed by atoms with E-state index in [0.717, 1.165) is 17.7 Å². The molecule has 0 aromatic heterocycles. The van der Waals surface area contributed by atoms with Crippen LogP contribution >= 0.6 is 0 Å². The highest BCUT2D eigenvalue weighted by atomic mass is 19.4. The van der Waals surface area contributed by atoms with Crippen molar-refractivity contribution in [2.45, 2.75) is 45.0 Å². The van der Waals surface area contributed by atoms with Crippen LogP contribution in [0.25, 0.3) is 0 Å². The molecule has 1 unspecified atom stereocenters. The lowest BCUT2D eigenvalue weighted by molar-refractivity contribution is -0.137. The third kappa shape index (κ3) is 4.51. The van der Waals surface area contributed by atoms with Gasteiger partial charge >= 0.3 is 6.18 Å². The SMILES string of the molecule is CCOC(C)(C)C(N)Cc1ccc(C(F)(F)F)cc1. The highest BCUT2D eigenvalue weighted by Gasteiger charge is 2.30. The molecule has 0 bridgehead atoms. The highest BCUT2D eigenvalue weighted by Crippen LogP contribution is 2.29. The Morgan fingerprint density at radius 2 is 1.68 bits per heavy atom. The van der Waals surface area contributed by atoms with Gasteiger partial charge in [0.05, 0.1) is 11.2 Å². The van der Waals surface area contributed by atoms with Crippen LogP contribution in [0, 0.1) is 0 Å². The minimum Gasteiger partial charge on any atom is -0.374 e. The molecular weight excluding hydrogens is 255 g/mol. The lowest BCUT2D eigenvalue weighted by Gasteiger charge is -2.31. The number of alkyl halides is 3. The summed E-state index contributed by atoms with van der Waals surface area (Å²) in [5.41, 5.74) is 5.67. The van der Waals surface area contributed by atoms with Gasteiger partial charge in [-0.25, -0.2) is 0 Å². The van der Waals surface area contributed by atoms with Gasteiger partial charge < -0.3 is 10.5 Å². The van der Waals surface area contributed by atoms with E-state index in [2.05, 4.69) is 0 Å². The molecule has 1 aromatic carbocycles. The molecule has 108 valence electrons. The minimum atomic E-state index is -4.30. The molecule has 0 radical (unpaired) electrons. The molecule has 19 heavy (non-hydrogen) atoms. The zero-order chi connectivity index (χ0) is 14.7. The largest absolute Gasteiger partial charge is 0.416 e. The number of hydrogen-bond donors (Lipinski definition) is 1. The van der Waals surface area contributed by atoms with Crippen molar-refractivity contribution < 1.29 is 17.9 Å². The van der Waals surface area contributed by atoms with Gasteiger partial charge in [-0.15, -0.1) is 0 Å². The zero-order valence-electron chi connectivity index (χ0n) is 11.4. The molecule has 0 aliphatic carbocycles. The molecule has 0 heterocycles. The normalized spacial score (nSPS) is 14.5. The van der Waals surface area contributed by atoms with E-state index in [0.29, 0.717) is 13.0 Å². The second-order valence-corrected chi connectivity index (χ2v) is 5.04. The molecule has 5 heteroatoms. The van der Waals surface area contributed by atoms with E-state index in [1.807, 2.05) is 20.8 Å². The predicted molar refractivity (Wildman–Crippen MR) is 68.8 cm³/mol. The lowest BCUT2D eigenvalue weighted by Crippen LogP contribution is -2.46. The Labute approximate surface area is 111 Å². The van der Waals surface area contributed by atoms with Gasteiger partial charge in [0.15, 0.2) is 0 Å². The highest BCUT2D eigenvalue weighted by molar-refractivity contribution is 5.25. The van der Waals surface area contributed by atoms with Gasteiger partial charge in [-0.2, -0.15) is 13.2 Å². The Bertz CT molecular complexity index is 398. The standard InChI is InChI=1S/C14H20F3NO/c1-4-19-13(2,3)12(18)9-10-5-7-11(8-6-10)14(15,16)17/h5-8,12H,4,9,18H2,1-3H3. The van der Waals surface area contributed by atoms with Gasteiger partial charge in [0.1, 0.15) is 0 Å². The van der Waals surface area contributed by atoms with Crippen LogP contribution in [0.2, 0.25) is 0 Å². The summed E-state index contributed by atoms with van der Waals surface area (Å²) in [7, 11) is 0. The number of benzene rings is 1. The fourth-order valence-corrected chi connectivity index (χ4v) is 1.81. The first-order valence-corrected chi connectivity index (χ1v) is 6.22. The molecule has 2 nitrogen and oxygen atoms in total. The molecule has 0 spiro atoms. The summed E-state index contributed by atoms with van der Waals surface area (Å²) in [6.07, 6.45) is -3.82. The maximum atomic E-state index is 12.4. The van der Waals surface area contributed by atoms with E-state index in [4.69, 9.17) is 10.5 Å². The summed E-state index contributed by atoms with van der Waals surface area (Å²) in [4.78, 5) is 0. The van der Waals surface area contributed by atoms with Gasteiger partial charge in [0.25, 0.3) is 0 Å². The van der Waals surface area contributed by atoms with Crippen molar-refractivity contribution in [2.24, 2.45) is 5.73 Å². The van der Waals surface area contributed by atoms with Gasteiger partial charge in [-0.1, -0.05) is 12.1 Å². The summed E-state index contributed by atoms with van der Waals surface area (Å²) >= 11 is 0. The smallest absolute Gasteiger partial charge is 0.374 e. The predicted octanol–water partition coefficient (Wildman–Crippen LogP) is 3.39. The average Bonchev–Trinajstić information content (AvgIpc) is 2.28. The van der Waals surface area contributed by atoms with Crippen molar-refractivity contribution in [1.29, 1.82) is 0 Å². The summed E-state index contributed by atoms with van der Waals surface area (Å²) in [5.74, 6) is 0. The van der Waals surface area contributed by atoms with E-state index < -0.39 is 17.3 Å². The Morgan fingerprint density at radius 3 is 2.11 bits per heavy atom. The number of hydrogen-bond acceptors (Lipinski definition) is 2. The summed E-state index contributed by atoms with van der Waals surface area (Å²) in [6.45, 7) is 6.19. The molecule has 1 rings (SSSR count). The van der Waals surface area contributed by atoms with Crippen LogP contribution in [-0.4, -0.2) is 18.2 Å². The molecule has 2 N–H and O–H groups in total. The second-order valence-electron chi connectivity index (χ2n) is 5.04. The van der Waals surface area contributed by atoms with Crippen molar-refractivity contribution in [1.82, 2.24) is 0 Å². The summed E-state index contributed by atoms with van der Waals surface area (Å²) in [5, 5.41) is 0. The topological polar surface area (TPSA) is 35.2 Å². The van der Waals surface area contributed by atoms with Gasteiger partial charge in [-0.05, 0) is 44.9 Å². The maximum Gasteiger partial charge on any atom is 0.416 e. The first-order chi connectivity index (χ1) is 8.66. The minimum absolute atomic E-state index is 0.274. The Morgan fingerprint density at radius 1 is 1.16 bits per heavy atom. The number of ether oxygens (including phenoxy) is 1. The molecule has 0 fully saturated rings. The number of halogens is 3. The second kappa shape index (κ2) is 5.92. The van der Waals surface area contributed by atoms with E-state index in [9.17, 15) is 13.2 Å². The molecular formula is C14H20F3NO. The third-order valence-electron chi connectivity index (χ3n) is 3.15. The van der Waals surface area contributed by atoms with Crippen molar-refractivity contribution in [3.05, 3.63) is 35.4 Å². The van der Waals surface area contributed by atoms with Gasteiger partial charge in [0, 0.05) is 12.6 Å². The van der Waals surface area contributed by atoms with Crippen LogP contribution in [0.15, 0.2) is 24.3 Å². The summed E-state index contributed by atoms with van der Waals surface area (Å²) < 4.78 is 42.8. The molecule has 1 aromatic rings. The van der Waals surface area contributed by atoms with E-state index >= 15 is 0 Å². The van der Waals surface area contributed by atoms with Crippen molar-refractivity contribution in [3.8, 4) is 0 Å². The van der Waals surface area contributed by atoms with Crippen LogP contribution in [0.4, 0.5) is 13.2 Å². The molecule has 0 amide bonds. The quantitative estimate of drug-likeness (QED) is 0.894. The Kier molecular flexibility index (Phi) is 4.98. The zero-order valence-corrected chi connectivity index (χ0v) is 11.4. The van der Waals surface area contributed by atoms with Crippen molar-refractivity contribution in [2.75, 3.05) is 6.61 Å². The van der Waals surface area contributed by atoms with Crippen molar-refractivity contribution >= 4 is 0 Å². The van der Waals surface area contributed by atoms with Crippen LogP contribution in [-0.2, 0) is 17.3 Å². The Hall–Kier alpha value is -1.07. The Balaban J connectivity index is 2.73. The van der Waals surface area contributed by atoms with Crippen LogP contribution in [0.3, 0.4) is 0 Å². The molecule has 0 aliphatic heterocycles. The first-order valence-electron chi connectivity index (χ1n) is 6.22. The lowest BCUT2D eigenvalue weighted by atomic mass is 9.92. The van der Waals surface area contributed by atoms with E-state index in [1.54, 1.807) is 0 Å². The monoisotopic (exact) mass is 275 g/mol. The fraction of sp³-hybridized carbons (Fsp3) is 0.571. The van der Waals surface area contributed by atoms with E-state index in [1.165, 1.54) is 12.1 Å². The first kappa shape index (κ1) is 16.0. The van der Waals surface area contributed by atoms with Gasteiger partial charge in [-0.3, -0.25) is 0 Å². The van der Waals surface area contributed by atoms with Gasteiger partial charge in [0.2, 0.25) is 0 Å². The van der Waals surface area contributed by atoms with Crippen LogP contribution in [0.1, 0.15) is 31.9 Å².